The van der Waals surface area contributed by atoms with Crippen molar-refractivity contribution in [1.29, 1.82) is 0 Å². The number of piperidine rings is 1. The van der Waals surface area contributed by atoms with Crippen LogP contribution in [-0.4, -0.2) is 54.6 Å². The van der Waals surface area contributed by atoms with E-state index in [1.165, 1.54) is 7.11 Å². The lowest BCUT2D eigenvalue weighted by Gasteiger charge is -2.30. The van der Waals surface area contributed by atoms with Gasteiger partial charge in [0.05, 0.1) is 5.92 Å². The number of rotatable bonds is 4. The molecule has 3 heterocycles. The maximum atomic E-state index is 12.0. The van der Waals surface area contributed by atoms with Gasteiger partial charge in [-0.3, -0.25) is 4.79 Å². The Morgan fingerprint density at radius 3 is 3.08 bits per heavy atom. The molecule has 132 valence electrons. The number of benzene rings is 1. The van der Waals surface area contributed by atoms with Gasteiger partial charge in [-0.1, -0.05) is 0 Å². The fraction of sp³-hybridized carbons (Fsp3) is 0.471. The van der Waals surface area contributed by atoms with Crippen LogP contribution >= 0.6 is 0 Å². The van der Waals surface area contributed by atoms with Gasteiger partial charge in [0, 0.05) is 25.8 Å². The molecule has 25 heavy (non-hydrogen) atoms. The van der Waals surface area contributed by atoms with Gasteiger partial charge in [-0.25, -0.2) is 0 Å². The van der Waals surface area contributed by atoms with Crippen LogP contribution in [0, 0.1) is 0 Å². The molecule has 0 radical (unpaired) electrons. The van der Waals surface area contributed by atoms with Gasteiger partial charge in [-0.05, 0) is 31.0 Å². The second kappa shape index (κ2) is 6.72. The quantitative estimate of drug-likeness (QED) is 0.835. The van der Waals surface area contributed by atoms with E-state index in [-0.39, 0.29) is 25.2 Å². The molecule has 1 unspecified atom stereocenters. The standard InChI is InChI=1S/C17H19N3O5/c1-22-9-15(21)20-6-2-3-12(8-20)17-19-18-16(25-17)11-4-5-13-14(7-11)24-10-23-13/h4-5,7,12H,2-3,6,8-10H2,1H3. The van der Waals surface area contributed by atoms with Crippen LogP contribution in [0.4, 0.5) is 0 Å². The van der Waals surface area contributed by atoms with Gasteiger partial charge in [-0.2, -0.15) is 0 Å². The van der Waals surface area contributed by atoms with Crippen molar-refractivity contribution in [2.45, 2.75) is 18.8 Å². The first-order chi connectivity index (χ1) is 12.2. The maximum absolute atomic E-state index is 12.0. The van der Waals surface area contributed by atoms with Crippen molar-refractivity contribution in [2.24, 2.45) is 0 Å². The summed E-state index contributed by atoms with van der Waals surface area (Å²) >= 11 is 0. The average molecular weight is 345 g/mol. The molecule has 0 N–H and O–H groups in total. The lowest BCUT2D eigenvalue weighted by molar-refractivity contribution is -0.136. The van der Waals surface area contributed by atoms with Crippen molar-refractivity contribution in [3.63, 3.8) is 0 Å². The fourth-order valence-corrected chi connectivity index (χ4v) is 3.17. The summed E-state index contributed by atoms with van der Waals surface area (Å²) in [5.41, 5.74) is 0.783. The Labute approximate surface area is 144 Å². The number of amides is 1. The van der Waals surface area contributed by atoms with Crippen molar-refractivity contribution < 1.29 is 23.4 Å². The first kappa shape index (κ1) is 15.9. The van der Waals surface area contributed by atoms with Gasteiger partial charge in [-0.15, -0.1) is 10.2 Å². The second-order valence-corrected chi connectivity index (χ2v) is 6.13. The summed E-state index contributed by atoms with van der Waals surface area (Å²) in [6, 6.07) is 5.52. The third-order valence-electron chi connectivity index (χ3n) is 4.45. The molecule has 1 amide bonds. The highest BCUT2D eigenvalue weighted by molar-refractivity contribution is 5.77. The third kappa shape index (κ3) is 3.17. The van der Waals surface area contributed by atoms with Crippen LogP contribution in [0.25, 0.3) is 11.5 Å². The minimum absolute atomic E-state index is 0.0114. The Hall–Kier alpha value is -2.61. The Kier molecular flexibility index (Phi) is 4.27. The number of methoxy groups -OCH3 is 1. The molecule has 2 aliphatic rings. The van der Waals surface area contributed by atoms with Crippen molar-refractivity contribution in [2.75, 3.05) is 33.6 Å². The number of likely N-dealkylation sites (tertiary alicyclic amines) is 1. The van der Waals surface area contributed by atoms with E-state index in [9.17, 15) is 4.79 Å². The normalized spacial score (nSPS) is 19.2. The first-order valence-corrected chi connectivity index (χ1v) is 8.24. The third-order valence-corrected chi connectivity index (χ3v) is 4.45. The van der Waals surface area contributed by atoms with Gasteiger partial charge in [0.2, 0.25) is 24.5 Å². The summed E-state index contributed by atoms with van der Waals surface area (Å²) in [5.74, 6) is 2.41. The SMILES string of the molecule is COCC(=O)N1CCCC(c2nnc(-c3ccc4c(c3)OCO4)o2)C1. The predicted octanol–water partition coefficient (Wildman–Crippen LogP) is 1.82. The monoisotopic (exact) mass is 345 g/mol. The smallest absolute Gasteiger partial charge is 0.248 e. The molecule has 1 aromatic carbocycles. The summed E-state index contributed by atoms with van der Waals surface area (Å²) < 4.78 is 21.5. The highest BCUT2D eigenvalue weighted by Gasteiger charge is 2.28. The number of ether oxygens (including phenoxy) is 3. The van der Waals surface area contributed by atoms with Crippen LogP contribution in [0.1, 0.15) is 24.7 Å². The molecule has 0 spiro atoms. The second-order valence-electron chi connectivity index (χ2n) is 6.13. The molecule has 8 heteroatoms. The van der Waals surface area contributed by atoms with Crippen LogP contribution in [0.15, 0.2) is 22.6 Å². The molecule has 1 aromatic heterocycles. The molecule has 1 atom stereocenters. The molecule has 2 aliphatic heterocycles. The molecule has 2 aromatic rings. The number of hydrogen-bond donors (Lipinski definition) is 0. The van der Waals surface area contributed by atoms with Gasteiger partial charge < -0.3 is 23.5 Å². The van der Waals surface area contributed by atoms with Crippen molar-refractivity contribution in [3.05, 3.63) is 24.1 Å². The highest BCUT2D eigenvalue weighted by atomic mass is 16.7. The molecule has 1 saturated heterocycles. The maximum Gasteiger partial charge on any atom is 0.248 e. The van der Waals surface area contributed by atoms with Gasteiger partial charge >= 0.3 is 0 Å². The zero-order valence-corrected chi connectivity index (χ0v) is 13.9. The zero-order chi connectivity index (χ0) is 17.2. The van der Waals surface area contributed by atoms with E-state index in [1.54, 1.807) is 4.90 Å². The number of nitrogens with zero attached hydrogens (tertiary/aromatic N) is 3. The van der Waals surface area contributed by atoms with Gasteiger partial charge in [0.15, 0.2) is 11.5 Å². The molecular formula is C17H19N3O5. The Morgan fingerprint density at radius 1 is 1.32 bits per heavy atom. The largest absolute Gasteiger partial charge is 0.454 e. The van der Waals surface area contributed by atoms with E-state index in [2.05, 4.69) is 10.2 Å². The van der Waals surface area contributed by atoms with Crippen LogP contribution in [0.3, 0.4) is 0 Å². The summed E-state index contributed by atoms with van der Waals surface area (Å²) in [6.07, 6.45) is 1.82. The van der Waals surface area contributed by atoms with Crippen LogP contribution in [-0.2, 0) is 9.53 Å². The summed E-state index contributed by atoms with van der Waals surface area (Å²) in [7, 11) is 1.52. The van der Waals surface area contributed by atoms with E-state index in [4.69, 9.17) is 18.6 Å². The Bertz CT molecular complexity index is 775. The Morgan fingerprint density at radius 2 is 2.20 bits per heavy atom. The summed E-state index contributed by atoms with van der Waals surface area (Å²) in [6.45, 7) is 1.63. The molecule has 0 aliphatic carbocycles. The predicted molar refractivity (Wildman–Crippen MR) is 86.3 cm³/mol. The molecular weight excluding hydrogens is 326 g/mol. The first-order valence-electron chi connectivity index (χ1n) is 8.24. The van der Waals surface area contributed by atoms with Crippen LogP contribution in [0.2, 0.25) is 0 Å². The van der Waals surface area contributed by atoms with E-state index >= 15 is 0 Å². The van der Waals surface area contributed by atoms with E-state index in [0.29, 0.717) is 29.8 Å². The topological polar surface area (TPSA) is 86.9 Å². The van der Waals surface area contributed by atoms with Crippen LogP contribution in [0.5, 0.6) is 11.5 Å². The summed E-state index contributed by atoms with van der Waals surface area (Å²) in [5, 5.41) is 8.34. The molecule has 4 rings (SSSR count). The van der Waals surface area contributed by atoms with E-state index < -0.39 is 0 Å². The summed E-state index contributed by atoms with van der Waals surface area (Å²) in [4.78, 5) is 13.8. The number of carbonyl (C=O) groups excluding carboxylic acids is 1. The minimum Gasteiger partial charge on any atom is -0.454 e. The van der Waals surface area contributed by atoms with E-state index in [0.717, 1.165) is 24.9 Å². The van der Waals surface area contributed by atoms with E-state index in [1.807, 2.05) is 18.2 Å². The fourth-order valence-electron chi connectivity index (χ4n) is 3.17. The number of carbonyl (C=O) groups is 1. The molecule has 1 fully saturated rings. The minimum atomic E-state index is -0.0114. The van der Waals surface area contributed by atoms with Crippen molar-refractivity contribution in [3.8, 4) is 23.0 Å². The van der Waals surface area contributed by atoms with Gasteiger partial charge in [0.25, 0.3) is 0 Å². The highest BCUT2D eigenvalue weighted by Crippen LogP contribution is 2.36. The number of hydrogen-bond acceptors (Lipinski definition) is 7. The zero-order valence-electron chi connectivity index (χ0n) is 13.9. The lowest BCUT2D eigenvalue weighted by atomic mass is 9.98. The van der Waals surface area contributed by atoms with Crippen molar-refractivity contribution >= 4 is 5.91 Å². The average Bonchev–Trinajstić information content (AvgIpc) is 3.31. The molecule has 0 bridgehead atoms. The van der Waals surface area contributed by atoms with Crippen LogP contribution < -0.4 is 9.47 Å². The number of fused-ring (bicyclic) bond motifs is 1. The van der Waals surface area contributed by atoms with Gasteiger partial charge in [0.1, 0.15) is 6.61 Å². The molecule has 0 saturated carbocycles. The lowest BCUT2D eigenvalue weighted by Crippen LogP contribution is -2.40. The Balaban J connectivity index is 1.50. The number of aromatic nitrogens is 2. The molecule has 8 nitrogen and oxygen atoms in total. The van der Waals surface area contributed by atoms with Crippen molar-refractivity contribution in [1.82, 2.24) is 15.1 Å².